The van der Waals surface area contributed by atoms with E-state index in [1.807, 2.05) is 48.9 Å². The van der Waals surface area contributed by atoms with Gasteiger partial charge in [0.15, 0.2) is 0 Å². The van der Waals surface area contributed by atoms with Crippen molar-refractivity contribution in [3.8, 4) is 5.69 Å². The van der Waals surface area contributed by atoms with Crippen LogP contribution in [0.25, 0.3) is 5.69 Å². The zero-order valence-electron chi connectivity index (χ0n) is 15.3. The normalized spacial score (nSPS) is 11.8. The summed E-state index contributed by atoms with van der Waals surface area (Å²) in [4.78, 5) is 12.1. The van der Waals surface area contributed by atoms with Gasteiger partial charge in [-0.05, 0) is 55.8 Å². The van der Waals surface area contributed by atoms with Crippen molar-refractivity contribution in [2.75, 3.05) is 0 Å². The summed E-state index contributed by atoms with van der Waals surface area (Å²) in [5.41, 5.74) is 5.20. The van der Waals surface area contributed by atoms with Gasteiger partial charge in [0, 0.05) is 17.4 Å². The van der Waals surface area contributed by atoms with Gasteiger partial charge in [0.1, 0.15) is 0 Å². The third kappa shape index (κ3) is 4.31. The van der Waals surface area contributed by atoms with E-state index in [2.05, 4.69) is 16.6 Å². The lowest BCUT2D eigenvalue weighted by Gasteiger charge is -2.10. The Morgan fingerprint density at radius 1 is 1.07 bits per heavy atom. The molecule has 0 fully saturated rings. The fourth-order valence-electron chi connectivity index (χ4n) is 2.85. The molecule has 1 aromatic heterocycles. The molecule has 3 aromatic rings. The summed E-state index contributed by atoms with van der Waals surface area (Å²) in [6.45, 7) is 4.01. The quantitative estimate of drug-likeness (QED) is 0.505. The Hall–Kier alpha value is -3.35. The first kappa shape index (κ1) is 19.4. The van der Waals surface area contributed by atoms with Crippen LogP contribution in [-0.2, 0) is 6.18 Å². The van der Waals surface area contributed by atoms with Gasteiger partial charge in [-0.15, -0.1) is 0 Å². The molecule has 1 heterocycles. The van der Waals surface area contributed by atoms with E-state index in [1.165, 1.54) is 18.3 Å². The van der Waals surface area contributed by atoms with Crippen molar-refractivity contribution in [2.24, 2.45) is 5.10 Å². The maximum atomic E-state index is 12.8. The van der Waals surface area contributed by atoms with Crippen LogP contribution >= 0.6 is 0 Å². The Kier molecular flexibility index (Phi) is 5.35. The minimum atomic E-state index is -4.51. The number of hydrogen-bond donors (Lipinski definition) is 1. The number of nitrogens with zero attached hydrogens (tertiary/aromatic N) is 2. The topological polar surface area (TPSA) is 46.4 Å². The molecule has 0 atom stereocenters. The van der Waals surface area contributed by atoms with E-state index in [4.69, 9.17) is 0 Å². The number of aryl methyl sites for hydroxylation is 2. The first-order chi connectivity index (χ1) is 13.3. The van der Waals surface area contributed by atoms with E-state index in [9.17, 15) is 18.0 Å². The number of carbonyl (C=O) groups excluding carboxylic acids is 1. The molecule has 0 spiro atoms. The average Bonchev–Trinajstić information content (AvgIpc) is 3.09. The Morgan fingerprint density at radius 3 is 2.57 bits per heavy atom. The molecule has 0 saturated carbocycles. The highest BCUT2D eigenvalue weighted by molar-refractivity contribution is 5.95. The zero-order valence-corrected chi connectivity index (χ0v) is 15.3. The lowest BCUT2D eigenvalue weighted by atomic mass is 10.1. The van der Waals surface area contributed by atoms with Crippen LogP contribution in [0.3, 0.4) is 0 Å². The minimum Gasteiger partial charge on any atom is -0.315 e. The summed E-state index contributed by atoms with van der Waals surface area (Å²) < 4.78 is 40.2. The molecule has 1 amide bonds. The molecule has 7 heteroatoms. The van der Waals surface area contributed by atoms with Crippen molar-refractivity contribution >= 4 is 12.1 Å². The van der Waals surface area contributed by atoms with E-state index >= 15 is 0 Å². The fourth-order valence-corrected chi connectivity index (χ4v) is 2.85. The van der Waals surface area contributed by atoms with Crippen molar-refractivity contribution in [1.29, 1.82) is 0 Å². The number of nitrogens with one attached hydrogen (secondary N) is 1. The number of amides is 1. The number of hydrazone groups is 1. The van der Waals surface area contributed by atoms with Crippen molar-refractivity contribution < 1.29 is 18.0 Å². The zero-order chi connectivity index (χ0) is 20.3. The lowest BCUT2D eigenvalue weighted by Crippen LogP contribution is -2.18. The first-order valence-corrected chi connectivity index (χ1v) is 8.51. The smallest absolute Gasteiger partial charge is 0.315 e. The summed E-state index contributed by atoms with van der Waals surface area (Å²) in [6.07, 6.45) is -1.19. The SMILES string of the molecule is Cc1ccc(-n2cccc2C=NNC(=O)c2cccc(C(F)(F)F)c2)c(C)c1. The van der Waals surface area contributed by atoms with Crippen LogP contribution in [0.15, 0.2) is 65.9 Å². The summed E-state index contributed by atoms with van der Waals surface area (Å²) >= 11 is 0. The van der Waals surface area contributed by atoms with Gasteiger partial charge in [-0.3, -0.25) is 4.79 Å². The largest absolute Gasteiger partial charge is 0.416 e. The second kappa shape index (κ2) is 7.72. The Bertz CT molecular complexity index is 1040. The third-order valence-corrected chi connectivity index (χ3v) is 4.21. The molecule has 144 valence electrons. The molecule has 4 nitrogen and oxygen atoms in total. The van der Waals surface area contributed by atoms with Gasteiger partial charge in [0.2, 0.25) is 0 Å². The number of carbonyl (C=O) groups is 1. The van der Waals surface area contributed by atoms with Crippen LogP contribution in [0, 0.1) is 13.8 Å². The molecule has 28 heavy (non-hydrogen) atoms. The van der Waals surface area contributed by atoms with Gasteiger partial charge in [-0.25, -0.2) is 5.43 Å². The van der Waals surface area contributed by atoms with Crippen molar-refractivity contribution in [3.63, 3.8) is 0 Å². The monoisotopic (exact) mass is 385 g/mol. The number of rotatable bonds is 4. The molecule has 2 aromatic carbocycles. The molecule has 0 saturated heterocycles. The van der Waals surface area contributed by atoms with Gasteiger partial charge < -0.3 is 4.57 Å². The first-order valence-electron chi connectivity index (χ1n) is 8.51. The fraction of sp³-hybridized carbons (Fsp3) is 0.143. The molecule has 3 rings (SSSR count). The molecular formula is C21H18F3N3O. The van der Waals surface area contributed by atoms with Crippen molar-refractivity contribution in [1.82, 2.24) is 9.99 Å². The molecule has 1 N–H and O–H groups in total. The molecule has 0 bridgehead atoms. The average molecular weight is 385 g/mol. The third-order valence-electron chi connectivity index (χ3n) is 4.21. The van der Waals surface area contributed by atoms with Crippen LogP contribution in [-0.4, -0.2) is 16.7 Å². The van der Waals surface area contributed by atoms with E-state index < -0.39 is 17.6 Å². The predicted molar refractivity (Wildman–Crippen MR) is 102 cm³/mol. The summed E-state index contributed by atoms with van der Waals surface area (Å²) in [6, 6.07) is 13.9. The van der Waals surface area contributed by atoms with Gasteiger partial charge in [-0.2, -0.15) is 18.3 Å². The summed E-state index contributed by atoms with van der Waals surface area (Å²) in [7, 11) is 0. The predicted octanol–water partition coefficient (Wildman–Crippen LogP) is 4.88. The molecule has 0 aliphatic rings. The van der Waals surface area contributed by atoms with Gasteiger partial charge in [0.25, 0.3) is 5.91 Å². The highest BCUT2D eigenvalue weighted by atomic mass is 19.4. The molecule has 0 aliphatic heterocycles. The molecular weight excluding hydrogens is 367 g/mol. The number of hydrogen-bond acceptors (Lipinski definition) is 2. The maximum Gasteiger partial charge on any atom is 0.416 e. The highest BCUT2D eigenvalue weighted by Gasteiger charge is 2.30. The number of benzene rings is 2. The molecule has 0 radical (unpaired) electrons. The second-order valence-electron chi connectivity index (χ2n) is 6.37. The van der Waals surface area contributed by atoms with E-state index in [-0.39, 0.29) is 5.56 Å². The minimum absolute atomic E-state index is 0.114. The molecule has 0 unspecified atom stereocenters. The summed E-state index contributed by atoms with van der Waals surface area (Å²) in [5, 5.41) is 3.89. The van der Waals surface area contributed by atoms with Gasteiger partial charge in [0.05, 0.1) is 17.5 Å². The Labute approximate surface area is 160 Å². The number of aromatic nitrogens is 1. The van der Waals surface area contributed by atoms with Crippen LogP contribution < -0.4 is 5.43 Å². The summed E-state index contributed by atoms with van der Waals surface area (Å²) in [5.74, 6) is -0.716. The van der Waals surface area contributed by atoms with Crippen LogP contribution in [0.5, 0.6) is 0 Å². The Balaban J connectivity index is 1.76. The number of alkyl halides is 3. The van der Waals surface area contributed by atoms with Crippen molar-refractivity contribution in [3.05, 3.63) is 88.7 Å². The van der Waals surface area contributed by atoms with Crippen LogP contribution in [0.1, 0.15) is 32.7 Å². The van der Waals surface area contributed by atoms with Gasteiger partial charge >= 0.3 is 6.18 Å². The van der Waals surface area contributed by atoms with E-state index in [0.717, 1.165) is 34.6 Å². The number of halogens is 3. The maximum absolute atomic E-state index is 12.8. The standard InChI is InChI=1S/C21H18F3N3O/c1-14-8-9-19(15(2)11-14)27-10-4-7-18(27)13-25-26-20(28)16-5-3-6-17(12-16)21(22,23)24/h3-13H,1-2H3,(H,26,28). The Morgan fingerprint density at radius 2 is 1.86 bits per heavy atom. The van der Waals surface area contributed by atoms with Crippen LogP contribution in [0.4, 0.5) is 13.2 Å². The highest BCUT2D eigenvalue weighted by Crippen LogP contribution is 2.29. The van der Waals surface area contributed by atoms with E-state index in [1.54, 1.807) is 0 Å². The van der Waals surface area contributed by atoms with Crippen molar-refractivity contribution in [2.45, 2.75) is 20.0 Å². The molecule has 0 aliphatic carbocycles. The lowest BCUT2D eigenvalue weighted by molar-refractivity contribution is -0.137. The van der Waals surface area contributed by atoms with E-state index in [0.29, 0.717) is 0 Å². The van der Waals surface area contributed by atoms with Crippen LogP contribution in [0.2, 0.25) is 0 Å². The van der Waals surface area contributed by atoms with Gasteiger partial charge in [-0.1, -0.05) is 23.8 Å². The second-order valence-corrected chi connectivity index (χ2v) is 6.37.